The molecule has 20 heavy (non-hydrogen) atoms. The Labute approximate surface area is 127 Å². The molecule has 3 heteroatoms. The van der Waals surface area contributed by atoms with Crippen LogP contribution in [0.4, 0.5) is 0 Å². The van der Waals surface area contributed by atoms with E-state index in [0.717, 1.165) is 17.0 Å². The zero-order valence-electron chi connectivity index (χ0n) is 12.6. The lowest BCUT2D eigenvalue weighted by atomic mass is 9.80. The molecule has 3 rings (SSSR count). The van der Waals surface area contributed by atoms with Crippen molar-refractivity contribution in [3.63, 3.8) is 0 Å². The normalized spacial score (nSPS) is 26.9. The van der Waals surface area contributed by atoms with Gasteiger partial charge in [0.05, 0.1) is 0 Å². The maximum atomic E-state index is 5.58. The number of aromatic nitrogens is 2. The highest BCUT2D eigenvalue weighted by Crippen LogP contribution is 2.36. The van der Waals surface area contributed by atoms with Gasteiger partial charge >= 0.3 is 0 Å². The zero-order valence-corrected chi connectivity index (χ0v) is 13.4. The molecule has 2 unspecified atom stereocenters. The molecule has 1 N–H and O–H groups in total. The Morgan fingerprint density at radius 3 is 2.85 bits per heavy atom. The number of aryl methyl sites for hydroxylation is 1. The van der Waals surface area contributed by atoms with Gasteiger partial charge in [0.1, 0.15) is 10.5 Å². The number of hydrogen-bond donors (Lipinski definition) is 1. The van der Waals surface area contributed by atoms with Crippen LogP contribution in [0.15, 0.2) is 0 Å². The average Bonchev–Trinajstić information content (AvgIpc) is 2.73. The largest absolute Gasteiger partial charge is 0.347 e. The third-order valence-electron chi connectivity index (χ3n) is 5.22. The molecule has 2 atom stereocenters. The van der Waals surface area contributed by atoms with Crippen molar-refractivity contribution in [2.45, 2.75) is 77.0 Å². The van der Waals surface area contributed by atoms with Crippen molar-refractivity contribution in [3.05, 3.63) is 21.7 Å². The fourth-order valence-corrected chi connectivity index (χ4v) is 4.24. The molecular weight excluding hydrogens is 264 g/mol. The third kappa shape index (κ3) is 2.98. The van der Waals surface area contributed by atoms with E-state index >= 15 is 0 Å². The molecule has 1 fully saturated rings. The van der Waals surface area contributed by atoms with Gasteiger partial charge in [-0.15, -0.1) is 0 Å². The second-order valence-corrected chi connectivity index (χ2v) is 6.97. The van der Waals surface area contributed by atoms with Gasteiger partial charge in [0.2, 0.25) is 0 Å². The van der Waals surface area contributed by atoms with Crippen LogP contribution in [-0.2, 0) is 12.8 Å². The Morgan fingerprint density at radius 1 is 1.15 bits per heavy atom. The van der Waals surface area contributed by atoms with E-state index in [1.807, 2.05) is 0 Å². The minimum Gasteiger partial charge on any atom is -0.347 e. The van der Waals surface area contributed by atoms with Crippen molar-refractivity contribution >= 4 is 12.2 Å². The summed E-state index contributed by atoms with van der Waals surface area (Å²) in [6.45, 7) is 2.32. The Balaban J connectivity index is 1.88. The van der Waals surface area contributed by atoms with Gasteiger partial charge in [-0.05, 0) is 44.4 Å². The monoisotopic (exact) mass is 290 g/mol. The molecule has 2 nitrogen and oxygen atoms in total. The van der Waals surface area contributed by atoms with Crippen molar-refractivity contribution in [3.8, 4) is 0 Å². The van der Waals surface area contributed by atoms with Crippen LogP contribution < -0.4 is 0 Å². The van der Waals surface area contributed by atoms with Crippen molar-refractivity contribution in [2.24, 2.45) is 5.92 Å². The summed E-state index contributed by atoms with van der Waals surface area (Å²) in [7, 11) is 0. The van der Waals surface area contributed by atoms with Crippen LogP contribution in [-0.4, -0.2) is 9.97 Å². The maximum Gasteiger partial charge on any atom is 0.133 e. The first-order chi connectivity index (χ1) is 9.78. The second kappa shape index (κ2) is 6.38. The van der Waals surface area contributed by atoms with E-state index in [1.165, 1.54) is 74.9 Å². The smallest absolute Gasteiger partial charge is 0.133 e. The van der Waals surface area contributed by atoms with E-state index in [9.17, 15) is 0 Å². The first-order valence-corrected chi connectivity index (χ1v) is 8.80. The predicted octanol–water partition coefficient (Wildman–Crippen LogP) is 5.09. The third-order valence-corrected chi connectivity index (χ3v) is 5.56. The summed E-state index contributed by atoms with van der Waals surface area (Å²) in [5.41, 5.74) is 2.74. The molecule has 0 aromatic carbocycles. The molecule has 0 radical (unpaired) electrons. The first-order valence-electron chi connectivity index (χ1n) is 8.40. The number of nitrogens with zero attached hydrogens (tertiary/aromatic N) is 1. The lowest BCUT2D eigenvalue weighted by Crippen LogP contribution is -2.17. The van der Waals surface area contributed by atoms with Crippen molar-refractivity contribution < 1.29 is 0 Å². The van der Waals surface area contributed by atoms with Crippen molar-refractivity contribution in [1.29, 1.82) is 0 Å². The fraction of sp³-hybridized carbons (Fsp3) is 0.765. The summed E-state index contributed by atoms with van der Waals surface area (Å²) in [5.74, 6) is 2.69. The number of aromatic amines is 1. The minimum atomic E-state index is 0.615. The maximum absolute atomic E-state index is 5.58. The molecule has 110 valence electrons. The van der Waals surface area contributed by atoms with Crippen LogP contribution in [0.2, 0.25) is 0 Å². The van der Waals surface area contributed by atoms with Crippen LogP contribution in [0, 0.1) is 10.6 Å². The predicted molar refractivity (Wildman–Crippen MR) is 85.7 cm³/mol. The molecule has 1 saturated carbocycles. The first kappa shape index (κ1) is 14.2. The number of fused-ring (bicyclic) bond motifs is 1. The molecule has 1 aromatic heterocycles. The SMILES string of the molecule is CCC1CCCC(c2nc(=S)c3c([nH]2)CCCCC3)C1. The summed E-state index contributed by atoms with van der Waals surface area (Å²) < 4.78 is 0.884. The molecular formula is C17H26N2S. The lowest BCUT2D eigenvalue weighted by Gasteiger charge is -2.28. The highest BCUT2D eigenvalue weighted by atomic mass is 32.1. The molecule has 0 amide bonds. The van der Waals surface area contributed by atoms with Crippen molar-refractivity contribution in [2.75, 3.05) is 0 Å². The quantitative estimate of drug-likeness (QED) is 0.607. The molecule has 1 aromatic rings. The molecule has 1 heterocycles. The highest BCUT2D eigenvalue weighted by Gasteiger charge is 2.24. The number of rotatable bonds is 2. The van der Waals surface area contributed by atoms with E-state index in [0.29, 0.717) is 5.92 Å². The van der Waals surface area contributed by atoms with Gasteiger partial charge in [0.25, 0.3) is 0 Å². The number of nitrogens with one attached hydrogen (secondary N) is 1. The molecule has 2 aliphatic carbocycles. The second-order valence-electron chi connectivity index (χ2n) is 6.58. The summed E-state index contributed by atoms with van der Waals surface area (Å²) >= 11 is 5.58. The van der Waals surface area contributed by atoms with Crippen LogP contribution in [0.5, 0.6) is 0 Å². The van der Waals surface area contributed by atoms with Gasteiger partial charge < -0.3 is 4.98 Å². The molecule has 0 aliphatic heterocycles. The van der Waals surface area contributed by atoms with Crippen LogP contribution in [0.3, 0.4) is 0 Å². The van der Waals surface area contributed by atoms with Gasteiger partial charge in [0, 0.05) is 17.2 Å². The molecule has 2 aliphatic rings. The van der Waals surface area contributed by atoms with Crippen LogP contribution >= 0.6 is 12.2 Å². The Bertz CT molecular complexity index is 520. The summed E-state index contributed by atoms with van der Waals surface area (Å²) in [5, 5.41) is 0. The minimum absolute atomic E-state index is 0.615. The van der Waals surface area contributed by atoms with Gasteiger partial charge in [0.15, 0.2) is 0 Å². The zero-order chi connectivity index (χ0) is 13.9. The highest BCUT2D eigenvalue weighted by molar-refractivity contribution is 7.71. The summed E-state index contributed by atoms with van der Waals surface area (Å²) in [6, 6.07) is 0. The molecule has 0 bridgehead atoms. The Hall–Kier alpha value is -0.700. The van der Waals surface area contributed by atoms with E-state index < -0.39 is 0 Å². The molecule has 0 spiro atoms. The van der Waals surface area contributed by atoms with E-state index in [4.69, 9.17) is 17.2 Å². The fourth-order valence-electron chi connectivity index (χ4n) is 3.92. The number of hydrogen-bond acceptors (Lipinski definition) is 2. The van der Waals surface area contributed by atoms with E-state index in [2.05, 4.69) is 11.9 Å². The van der Waals surface area contributed by atoms with Gasteiger partial charge in [-0.25, -0.2) is 4.98 Å². The van der Waals surface area contributed by atoms with E-state index in [-0.39, 0.29) is 0 Å². The van der Waals surface area contributed by atoms with Gasteiger partial charge in [-0.1, -0.05) is 44.8 Å². The summed E-state index contributed by atoms with van der Waals surface area (Å²) in [4.78, 5) is 8.46. The van der Waals surface area contributed by atoms with Crippen LogP contribution in [0.1, 0.15) is 81.3 Å². The topological polar surface area (TPSA) is 28.7 Å². The van der Waals surface area contributed by atoms with Crippen LogP contribution in [0.25, 0.3) is 0 Å². The summed E-state index contributed by atoms with van der Waals surface area (Å²) in [6.07, 6.45) is 12.8. The standard InChI is InChI=1S/C17H26N2S/c1-2-12-7-6-8-13(11-12)16-18-15-10-5-3-4-9-14(15)17(20)19-16/h12-13H,2-11H2,1H3,(H,18,19,20). The van der Waals surface area contributed by atoms with Gasteiger partial charge in [-0.2, -0.15) is 0 Å². The van der Waals surface area contributed by atoms with E-state index in [1.54, 1.807) is 0 Å². The average molecular weight is 290 g/mol. The Kier molecular flexibility index (Phi) is 4.54. The Morgan fingerprint density at radius 2 is 2.00 bits per heavy atom. The number of H-pyrrole nitrogens is 1. The molecule has 0 saturated heterocycles. The van der Waals surface area contributed by atoms with Gasteiger partial charge in [-0.3, -0.25) is 0 Å². The van der Waals surface area contributed by atoms with Crippen molar-refractivity contribution in [1.82, 2.24) is 9.97 Å². The lowest BCUT2D eigenvalue weighted by molar-refractivity contribution is 0.306.